The Bertz CT molecular complexity index is 416. The quantitative estimate of drug-likeness (QED) is 0.679. The van der Waals surface area contributed by atoms with Gasteiger partial charge < -0.3 is 4.74 Å². The maximum absolute atomic E-state index is 11.8. The van der Waals surface area contributed by atoms with E-state index in [2.05, 4.69) is 11.2 Å². The van der Waals surface area contributed by atoms with Crippen molar-refractivity contribution in [3.05, 3.63) is 35.9 Å². The minimum Gasteiger partial charge on any atom is -0.379 e. The second kappa shape index (κ2) is 5.80. The number of nitrogens with zero attached hydrogens (tertiary/aromatic N) is 1. The molecule has 0 N–H and O–H groups in total. The third kappa shape index (κ3) is 3.17. The third-order valence-electron chi connectivity index (χ3n) is 2.26. The van der Waals surface area contributed by atoms with Gasteiger partial charge in [0.25, 0.3) is 0 Å². The van der Waals surface area contributed by atoms with Gasteiger partial charge in [-0.25, -0.2) is 8.51 Å². The molecule has 0 radical (unpaired) electrons. The van der Waals surface area contributed by atoms with Crippen molar-refractivity contribution in [2.75, 3.05) is 26.3 Å². The van der Waals surface area contributed by atoms with Crippen molar-refractivity contribution in [3.63, 3.8) is 0 Å². The summed E-state index contributed by atoms with van der Waals surface area (Å²) < 4.78 is 18.8. The van der Waals surface area contributed by atoms with Crippen LogP contribution in [0, 0.1) is 11.2 Å². The fraction of sp³-hybridized carbons (Fsp3) is 0.333. The molecule has 1 fully saturated rings. The maximum Gasteiger partial charge on any atom is 0.174 e. The normalized spacial score (nSPS) is 18.5. The lowest BCUT2D eigenvalue weighted by molar-refractivity contribution is 0.0757. The fourth-order valence-corrected chi connectivity index (χ4v) is 2.22. The van der Waals surface area contributed by atoms with E-state index in [-0.39, 0.29) is 0 Å². The molecule has 1 aromatic carbocycles. The zero-order chi connectivity index (χ0) is 11.2. The first-order valence-corrected chi connectivity index (χ1v) is 6.28. The number of hydrogen-bond donors (Lipinski definition) is 0. The smallest absolute Gasteiger partial charge is 0.174 e. The molecule has 4 heteroatoms. The van der Waals surface area contributed by atoms with Crippen molar-refractivity contribution >= 4 is 11.0 Å². The SMILES string of the molecule is O=[S@@](C#Cc1ccccc1)N1CCOCC1. The van der Waals surface area contributed by atoms with Crippen LogP contribution in [0.5, 0.6) is 0 Å². The second-order valence-corrected chi connectivity index (χ2v) is 4.60. The van der Waals surface area contributed by atoms with Crippen LogP contribution in [-0.4, -0.2) is 34.8 Å². The zero-order valence-electron chi connectivity index (χ0n) is 8.89. The van der Waals surface area contributed by atoms with E-state index in [0.717, 1.165) is 5.56 Å². The first kappa shape index (κ1) is 11.3. The first-order valence-electron chi connectivity index (χ1n) is 5.17. The van der Waals surface area contributed by atoms with Crippen molar-refractivity contribution in [1.29, 1.82) is 0 Å². The largest absolute Gasteiger partial charge is 0.379 e. The Balaban J connectivity index is 1.99. The number of ether oxygens (including phenoxy) is 1. The predicted octanol–water partition coefficient (Wildman–Crippen LogP) is 0.992. The molecule has 0 spiro atoms. The molecule has 1 atom stereocenters. The Morgan fingerprint density at radius 3 is 2.56 bits per heavy atom. The molecule has 2 rings (SSSR count). The van der Waals surface area contributed by atoms with Crippen LogP contribution >= 0.6 is 0 Å². The Kier molecular flexibility index (Phi) is 4.11. The van der Waals surface area contributed by atoms with Crippen LogP contribution in [0.2, 0.25) is 0 Å². The molecule has 0 aromatic heterocycles. The topological polar surface area (TPSA) is 29.5 Å². The van der Waals surface area contributed by atoms with E-state index >= 15 is 0 Å². The van der Waals surface area contributed by atoms with Crippen molar-refractivity contribution in [2.24, 2.45) is 0 Å². The lowest BCUT2D eigenvalue weighted by Crippen LogP contribution is -2.36. The predicted molar refractivity (Wildman–Crippen MR) is 63.9 cm³/mol. The molecule has 3 nitrogen and oxygen atoms in total. The Labute approximate surface area is 98.0 Å². The lowest BCUT2D eigenvalue weighted by atomic mass is 10.2. The van der Waals surface area contributed by atoms with E-state index in [0.29, 0.717) is 26.3 Å². The third-order valence-corrected chi connectivity index (χ3v) is 3.37. The number of hydrogen-bond acceptors (Lipinski definition) is 2. The van der Waals surface area contributed by atoms with Crippen LogP contribution in [0.4, 0.5) is 0 Å². The van der Waals surface area contributed by atoms with Crippen LogP contribution in [0.3, 0.4) is 0 Å². The fourth-order valence-electron chi connectivity index (χ4n) is 1.40. The van der Waals surface area contributed by atoms with Crippen molar-refractivity contribution in [3.8, 4) is 11.2 Å². The van der Waals surface area contributed by atoms with Gasteiger partial charge in [-0.3, -0.25) is 0 Å². The summed E-state index contributed by atoms with van der Waals surface area (Å²) in [4.78, 5) is 0. The van der Waals surface area contributed by atoms with E-state index in [1.54, 1.807) is 0 Å². The molecule has 16 heavy (non-hydrogen) atoms. The van der Waals surface area contributed by atoms with E-state index in [9.17, 15) is 4.21 Å². The second-order valence-electron chi connectivity index (χ2n) is 3.38. The summed E-state index contributed by atoms with van der Waals surface area (Å²) in [6, 6.07) is 9.58. The van der Waals surface area contributed by atoms with Gasteiger partial charge in [0, 0.05) is 23.9 Å². The van der Waals surface area contributed by atoms with Gasteiger partial charge in [-0.15, -0.1) is 0 Å². The summed E-state index contributed by atoms with van der Waals surface area (Å²) in [6.45, 7) is 2.66. The van der Waals surface area contributed by atoms with Crippen molar-refractivity contribution < 1.29 is 8.95 Å². The van der Waals surface area contributed by atoms with E-state index in [1.807, 2.05) is 34.6 Å². The summed E-state index contributed by atoms with van der Waals surface area (Å²) >= 11 is 0. The minimum atomic E-state index is -1.21. The van der Waals surface area contributed by atoms with Crippen LogP contribution in [-0.2, 0) is 15.7 Å². The highest BCUT2D eigenvalue weighted by Gasteiger charge is 2.14. The number of benzene rings is 1. The highest BCUT2D eigenvalue weighted by molar-refractivity contribution is 7.87. The summed E-state index contributed by atoms with van der Waals surface area (Å²) in [7, 11) is -1.21. The molecule has 1 heterocycles. The Hall–Kier alpha value is -1.15. The highest BCUT2D eigenvalue weighted by atomic mass is 32.2. The molecule has 1 aliphatic rings. The van der Waals surface area contributed by atoms with E-state index in [4.69, 9.17) is 4.74 Å². The molecule has 0 saturated carbocycles. The number of rotatable bonds is 1. The van der Waals surface area contributed by atoms with Gasteiger partial charge in [0.2, 0.25) is 0 Å². The monoisotopic (exact) mass is 235 g/mol. The minimum absolute atomic E-state index is 0.638. The number of morpholine rings is 1. The summed E-state index contributed by atoms with van der Waals surface area (Å²) in [5.74, 6) is 2.91. The Morgan fingerprint density at radius 1 is 1.19 bits per heavy atom. The van der Waals surface area contributed by atoms with Crippen LogP contribution in [0.1, 0.15) is 5.56 Å². The van der Waals surface area contributed by atoms with E-state index < -0.39 is 11.0 Å². The summed E-state index contributed by atoms with van der Waals surface area (Å²) in [5, 5.41) is 2.76. The van der Waals surface area contributed by atoms with Crippen LogP contribution in [0.25, 0.3) is 0 Å². The summed E-state index contributed by atoms with van der Waals surface area (Å²) in [6.07, 6.45) is 0. The van der Waals surface area contributed by atoms with Gasteiger partial charge in [0.05, 0.1) is 13.2 Å². The molecule has 0 bridgehead atoms. The van der Waals surface area contributed by atoms with Gasteiger partial charge in [-0.1, -0.05) is 24.1 Å². The zero-order valence-corrected chi connectivity index (χ0v) is 9.70. The van der Waals surface area contributed by atoms with E-state index in [1.165, 1.54) is 0 Å². The first-order chi connectivity index (χ1) is 7.86. The van der Waals surface area contributed by atoms with Crippen LogP contribution in [0.15, 0.2) is 30.3 Å². The highest BCUT2D eigenvalue weighted by Crippen LogP contribution is 2.01. The molecule has 84 valence electrons. The van der Waals surface area contributed by atoms with Crippen molar-refractivity contribution in [1.82, 2.24) is 4.31 Å². The van der Waals surface area contributed by atoms with Gasteiger partial charge in [0.15, 0.2) is 11.0 Å². The van der Waals surface area contributed by atoms with Crippen LogP contribution < -0.4 is 0 Å². The van der Waals surface area contributed by atoms with Gasteiger partial charge in [-0.05, 0) is 12.1 Å². The maximum atomic E-state index is 11.8. The van der Waals surface area contributed by atoms with Crippen molar-refractivity contribution in [2.45, 2.75) is 0 Å². The standard InChI is InChI=1S/C12H13NO2S/c14-16(13-7-9-15-10-8-13)11-6-12-4-2-1-3-5-12/h1-5H,7-10H2/t16-/m0/s1. The molecule has 1 aliphatic heterocycles. The summed E-state index contributed by atoms with van der Waals surface area (Å²) in [5.41, 5.74) is 0.893. The molecule has 0 amide bonds. The molecule has 0 unspecified atom stereocenters. The molecule has 1 aromatic rings. The van der Waals surface area contributed by atoms with Gasteiger partial charge in [-0.2, -0.15) is 0 Å². The van der Waals surface area contributed by atoms with Gasteiger partial charge in [0.1, 0.15) is 0 Å². The lowest BCUT2D eigenvalue weighted by Gasteiger charge is -2.22. The molecule has 0 aliphatic carbocycles. The van der Waals surface area contributed by atoms with Gasteiger partial charge >= 0.3 is 0 Å². The average molecular weight is 235 g/mol. The molecule has 1 saturated heterocycles. The Morgan fingerprint density at radius 2 is 1.88 bits per heavy atom. The molecular formula is C12H13NO2S. The molecular weight excluding hydrogens is 222 g/mol. The average Bonchev–Trinajstić information content (AvgIpc) is 2.38.